The first-order chi connectivity index (χ1) is 18.1. The Morgan fingerprint density at radius 2 is 1.68 bits per heavy atom. The number of hydrogen-bond acceptors (Lipinski definition) is 3. The van der Waals surface area contributed by atoms with E-state index in [2.05, 4.69) is 5.32 Å². The number of amides is 3. The van der Waals surface area contributed by atoms with E-state index in [-0.39, 0.29) is 65.9 Å². The van der Waals surface area contributed by atoms with Crippen molar-refractivity contribution in [3.05, 3.63) is 0 Å². The Kier molecular flexibility index (Phi) is 8.73. The van der Waals surface area contributed by atoms with Gasteiger partial charge in [0.25, 0.3) is 0 Å². The van der Waals surface area contributed by atoms with Gasteiger partial charge in [-0.3, -0.25) is 14.7 Å². The highest BCUT2D eigenvalue weighted by molar-refractivity contribution is 6.23. The Morgan fingerprint density at radius 1 is 0.947 bits per heavy atom. The topological polar surface area (TPSA) is 65.0 Å². The van der Waals surface area contributed by atoms with Crippen LogP contribution < -0.4 is 5.32 Å². The van der Waals surface area contributed by atoms with Gasteiger partial charge in [-0.2, -0.15) is 13.2 Å². The molecular weight excluding hydrogens is 540 g/mol. The molecule has 6 unspecified atom stereocenters. The van der Waals surface area contributed by atoms with E-state index in [1.54, 1.807) is 4.90 Å². The molecule has 6 atom stereocenters. The van der Waals surface area contributed by atoms with Crippen molar-refractivity contribution < 1.29 is 22.8 Å². The third-order valence-corrected chi connectivity index (χ3v) is 10.5. The number of nitrogens with one attached hydrogen (secondary N) is 1. The van der Waals surface area contributed by atoms with Gasteiger partial charge in [-0.1, -0.05) is 19.3 Å². The maximum atomic E-state index is 14.2. The van der Waals surface area contributed by atoms with Crippen molar-refractivity contribution in [2.75, 3.05) is 19.6 Å². The van der Waals surface area contributed by atoms with Gasteiger partial charge in [0, 0.05) is 29.8 Å². The second-order valence-corrected chi connectivity index (χ2v) is 13.2. The van der Waals surface area contributed by atoms with Crippen LogP contribution in [0.2, 0.25) is 0 Å². The molecule has 0 aromatic heterocycles. The van der Waals surface area contributed by atoms with Crippen LogP contribution in [0.25, 0.3) is 0 Å². The number of amidine groups is 1. The molecule has 6 nitrogen and oxygen atoms in total. The van der Waals surface area contributed by atoms with E-state index < -0.39 is 18.1 Å². The molecule has 3 aliphatic carbocycles. The van der Waals surface area contributed by atoms with Crippen molar-refractivity contribution in [1.29, 1.82) is 0 Å². The average molecular weight is 580 g/mol. The lowest BCUT2D eigenvalue weighted by Gasteiger charge is -2.44. The number of aliphatic imine (C=N–C) groups is 1. The standard InChI is InChI=1S/C27H39Cl2F3N4O2/c28-19-10-8-16(9-11-19)23-24(17-4-3-5-18(14-17)27(30,31)32)36(26(38)35-13-12-33-22(37)15-35)25(34-23)20-6-1-2-7-21(20)29/h16-21,23-24H,1-15H2,(H,33,37). The highest BCUT2D eigenvalue weighted by atomic mass is 35.5. The quantitative estimate of drug-likeness (QED) is 0.420. The van der Waals surface area contributed by atoms with Crippen LogP contribution in [0.3, 0.4) is 0 Å². The van der Waals surface area contributed by atoms with Gasteiger partial charge in [-0.25, -0.2) is 4.79 Å². The van der Waals surface area contributed by atoms with Crippen LogP contribution in [0.4, 0.5) is 18.0 Å². The summed E-state index contributed by atoms with van der Waals surface area (Å²) in [4.78, 5) is 35.0. The SMILES string of the molecule is O=C1CN(C(=O)N2C(C3CCCCC3Cl)=NC(C3CCC(Cl)CC3)C2C2CCCC(C(F)(F)F)C2)CCN1. The Morgan fingerprint density at radius 3 is 2.37 bits per heavy atom. The molecule has 5 rings (SSSR count). The highest BCUT2D eigenvalue weighted by Crippen LogP contribution is 2.48. The fraction of sp³-hybridized carbons (Fsp3) is 0.889. The molecule has 3 saturated carbocycles. The fourth-order valence-electron chi connectivity index (χ4n) is 7.56. The fourth-order valence-corrected chi connectivity index (χ4v) is 8.20. The molecule has 0 aromatic rings. The zero-order chi connectivity index (χ0) is 27.0. The predicted octanol–water partition coefficient (Wildman–Crippen LogP) is 5.95. The van der Waals surface area contributed by atoms with Gasteiger partial charge in [0.1, 0.15) is 12.4 Å². The zero-order valence-corrected chi connectivity index (χ0v) is 23.3. The summed E-state index contributed by atoms with van der Waals surface area (Å²) >= 11 is 13.3. The van der Waals surface area contributed by atoms with Crippen molar-refractivity contribution >= 4 is 41.0 Å². The third kappa shape index (κ3) is 5.93. The smallest absolute Gasteiger partial charge is 0.353 e. The molecule has 4 fully saturated rings. The number of halogens is 5. The first-order valence-corrected chi connectivity index (χ1v) is 15.3. The third-order valence-electron chi connectivity index (χ3n) is 9.55. The maximum Gasteiger partial charge on any atom is 0.391 e. The van der Waals surface area contributed by atoms with Crippen molar-refractivity contribution in [3.8, 4) is 0 Å². The molecule has 1 N–H and O–H groups in total. The van der Waals surface area contributed by atoms with Gasteiger partial charge in [-0.05, 0) is 69.6 Å². The summed E-state index contributed by atoms with van der Waals surface area (Å²) in [7, 11) is 0. The molecule has 2 aliphatic heterocycles. The summed E-state index contributed by atoms with van der Waals surface area (Å²) in [6.45, 7) is 0.677. The minimum Gasteiger partial charge on any atom is -0.353 e. The van der Waals surface area contributed by atoms with Gasteiger partial charge in [0.05, 0.1) is 18.0 Å². The largest absolute Gasteiger partial charge is 0.391 e. The second kappa shape index (κ2) is 11.7. The van der Waals surface area contributed by atoms with Crippen LogP contribution in [-0.2, 0) is 4.79 Å². The summed E-state index contributed by atoms with van der Waals surface area (Å²) in [5.41, 5.74) is 0. The lowest BCUT2D eigenvalue weighted by atomic mass is 9.71. The Labute approximate surface area is 233 Å². The van der Waals surface area contributed by atoms with Gasteiger partial charge in [0.15, 0.2) is 0 Å². The van der Waals surface area contributed by atoms with E-state index in [4.69, 9.17) is 28.2 Å². The number of hydrogen-bond donors (Lipinski definition) is 1. The van der Waals surface area contributed by atoms with Crippen molar-refractivity contribution in [2.45, 2.75) is 106 Å². The minimum absolute atomic E-state index is 0.0115. The number of carbonyl (C=O) groups is 2. The van der Waals surface area contributed by atoms with Gasteiger partial charge in [-0.15, -0.1) is 23.2 Å². The summed E-state index contributed by atoms with van der Waals surface area (Å²) in [6, 6.07) is -1.02. The predicted molar refractivity (Wildman–Crippen MR) is 142 cm³/mol. The van der Waals surface area contributed by atoms with Crippen LogP contribution in [-0.4, -0.2) is 76.2 Å². The summed E-state index contributed by atoms with van der Waals surface area (Å²) in [6.07, 6.45) is 4.04. The average Bonchev–Trinajstić information content (AvgIpc) is 3.29. The second-order valence-electron chi connectivity index (χ2n) is 12.0. The number of piperazine rings is 1. The number of urea groups is 1. The van der Waals surface area contributed by atoms with Gasteiger partial charge in [0.2, 0.25) is 5.91 Å². The Hall–Kier alpha value is -1.22. The number of alkyl halides is 5. The summed E-state index contributed by atoms with van der Waals surface area (Å²) in [5.74, 6) is -1.20. The van der Waals surface area contributed by atoms with Crippen LogP contribution in [0.5, 0.6) is 0 Å². The molecule has 11 heteroatoms. The van der Waals surface area contributed by atoms with Crippen LogP contribution in [0.15, 0.2) is 4.99 Å². The number of rotatable bonds is 3. The molecule has 0 radical (unpaired) electrons. The zero-order valence-electron chi connectivity index (χ0n) is 21.8. The molecule has 5 aliphatic rings. The molecule has 1 saturated heterocycles. The number of carbonyl (C=O) groups excluding carboxylic acids is 2. The Bertz CT molecular complexity index is 911. The Balaban J connectivity index is 1.53. The summed E-state index contributed by atoms with van der Waals surface area (Å²) < 4.78 is 41.7. The maximum absolute atomic E-state index is 14.2. The molecule has 38 heavy (non-hydrogen) atoms. The lowest BCUT2D eigenvalue weighted by molar-refractivity contribution is -0.187. The monoisotopic (exact) mass is 578 g/mol. The molecule has 214 valence electrons. The normalized spacial score (nSPS) is 39.1. The van der Waals surface area contributed by atoms with Crippen LogP contribution in [0.1, 0.15) is 77.0 Å². The lowest BCUT2D eigenvalue weighted by Crippen LogP contribution is -2.60. The van der Waals surface area contributed by atoms with E-state index in [1.807, 2.05) is 0 Å². The van der Waals surface area contributed by atoms with Crippen molar-refractivity contribution in [3.63, 3.8) is 0 Å². The van der Waals surface area contributed by atoms with E-state index in [0.29, 0.717) is 31.8 Å². The van der Waals surface area contributed by atoms with E-state index in [0.717, 1.165) is 51.4 Å². The number of nitrogens with zero attached hydrogens (tertiary/aromatic N) is 3. The first-order valence-electron chi connectivity index (χ1n) is 14.4. The first kappa shape index (κ1) is 28.3. The van der Waals surface area contributed by atoms with Crippen molar-refractivity contribution in [2.24, 2.45) is 28.7 Å². The highest BCUT2D eigenvalue weighted by Gasteiger charge is 2.53. The molecular formula is C27H39Cl2F3N4O2. The molecule has 0 spiro atoms. The van der Waals surface area contributed by atoms with Crippen molar-refractivity contribution in [1.82, 2.24) is 15.1 Å². The van der Waals surface area contributed by atoms with Crippen LogP contribution >= 0.6 is 23.2 Å². The summed E-state index contributed by atoms with van der Waals surface area (Å²) in [5, 5.41) is 2.69. The van der Waals surface area contributed by atoms with Crippen LogP contribution in [0, 0.1) is 23.7 Å². The molecule has 0 bridgehead atoms. The van der Waals surface area contributed by atoms with Gasteiger partial charge < -0.3 is 10.2 Å². The van der Waals surface area contributed by atoms with Gasteiger partial charge >= 0.3 is 12.2 Å². The van der Waals surface area contributed by atoms with E-state index in [9.17, 15) is 22.8 Å². The van der Waals surface area contributed by atoms with E-state index >= 15 is 0 Å². The molecule has 0 aromatic carbocycles. The minimum atomic E-state index is -4.25. The van der Waals surface area contributed by atoms with E-state index in [1.165, 1.54) is 4.90 Å². The molecule has 2 heterocycles. The molecule has 3 amide bonds.